The Balaban J connectivity index is 2.09. The minimum Gasteiger partial charge on any atom is -0.389 e. The van der Waals surface area contributed by atoms with Crippen molar-refractivity contribution in [3.63, 3.8) is 0 Å². The van der Waals surface area contributed by atoms with Gasteiger partial charge in [0.25, 0.3) is 0 Å². The van der Waals surface area contributed by atoms with Crippen molar-refractivity contribution < 1.29 is 13.5 Å². The topological polar surface area (TPSA) is 66.4 Å². The lowest BCUT2D eigenvalue weighted by Gasteiger charge is -2.32. The quantitative estimate of drug-likeness (QED) is 0.841. The molecule has 0 aliphatic heterocycles. The largest absolute Gasteiger partial charge is 0.389 e. The number of nitrogens with one attached hydrogen (secondary N) is 1. The van der Waals surface area contributed by atoms with Crippen LogP contribution in [0.4, 0.5) is 0 Å². The summed E-state index contributed by atoms with van der Waals surface area (Å²) >= 11 is 9.05. The molecule has 1 aromatic carbocycles. The number of benzene rings is 1. The van der Waals surface area contributed by atoms with Crippen LogP contribution >= 0.6 is 27.5 Å². The van der Waals surface area contributed by atoms with Crippen molar-refractivity contribution in [2.75, 3.05) is 6.54 Å². The number of sulfonamides is 1. The third-order valence-electron chi connectivity index (χ3n) is 3.58. The van der Waals surface area contributed by atoms with E-state index in [9.17, 15) is 13.5 Å². The lowest BCUT2D eigenvalue weighted by Crippen LogP contribution is -2.44. The molecule has 1 saturated carbocycles. The van der Waals surface area contributed by atoms with Crippen LogP contribution in [0.2, 0.25) is 5.02 Å². The molecular formula is C13H17BrClNO3S. The fraction of sp³-hybridized carbons (Fsp3) is 0.538. The molecule has 0 heterocycles. The molecule has 2 rings (SSSR count). The first-order chi connectivity index (χ1) is 9.32. The fourth-order valence-corrected chi connectivity index (χ4v) is 4.14. The van der Waals surface area contributed by atoms with Crippen molar-refractivity contribution in [2.45, 2.75) is 42.6 Å². The van der Waals surface area contributed by atoms with Gasteiger partial charge in [0.1, 0.15) is 0 Å². The van der Waals surface area contributed by atoms with Crippen LogP contribution in [0.15, 0.2) is 27.6 Å². The van der Waals surface area contributed by atoms with Gasteiger partial charge in [0.05, 0.1) is 15.5 Å². The summed E-state index contributed by atoms with van der Waals surface area (Å²) in [5.74, 6) is 0. The van der Waals surface area contributed by atoms with Gasteiger partial charge in [0.15, 0.2) is 0 Å². The van der Waals surface area contributed by atoms with Crippen molar-refractivity contribution in [3.8, 4) is 0 Å². The molecule has 2 N–H and O–H groups in total. The molecule has 0 atom stereocenters. The van der Waals surface area contributed by atoms with Crippen LogP contribution in [0.25, 0.3) is 0 Å². The van der Waals surface area contributed by atoms with Gasteiger partial charge in [-0.15, -0.1) is 0 Å². The Hall–Kier alpha value is -0.140. The van der Waals surface area contributed by atoms with Gasteiger partial charge in [-0.05, 0) is 47.0 Å². The summed E-state index contributed by atoms with van der Waals surface area (Å²) in [5, 5.41) is 10.8. The number of rotatable bonds is 4. The average molecular weight is 383 g/mol. The fourth-order valence-electron chi connectivity index (χ4n) is 2.34. The SMILES string of the molecule is O=S(=O)(NCC1(O)CCCCC1)c1ccc(Cl)c(Br)c1. The minimum atomic E-state index is -3.64. The van der Waals surface area contributed by atoms with Crippen molar-refractivity contribution in [1.82, 2.24) is 4.72 Å². The Morgan fingerprint density at radius 2 is 1.95 bits per heavy atom. The van der Waals surface area contributed by atoms with E-state index in [1.54, 1.807) is 0 Å². The highest BCUT2D eigenvalue weighted by atomic mass is 79.9. The molecule has 20 heavy (non-hydrogen) atoms. The molecule has 1 aliphatic rings. The molecule has 0 bridgehead atoms. The summed E-state index contributed by atoms with van der Waals surface area (Å²) in [5.41, 5.74) is -0.922. The van der Waals surface area contributed by atoms with E-state index in [1.165, 1.54) is 18.2 Å². The van der Waals surface area contributed by atoms with Gasteiger partial charge < -0.3 is 5.11 Å². The maximum atomic E-state index is 12.2. The zero-order valence-corrected chi connectivity index (χ0v) is 14.1. The molecule has 112 valence electrons. The molecule has 0 unspecified atom stereocenters. The molecule has 4 nitrogen and oxygen atoms in total. The molecule has 0 saturated heterocycles. The zero-order valence-electron chi connectivity index (χ0n) is 10.9. The van der Waals surface area contributed by atoms with Crippen LogP contribution in [0.3, 0.4) is 0 Å². The number of hydrogen-bond acceptors (Lipinski definition) is 3. The predicted octanol–water partition coefficient (Wildman–Crippen LogP) is 3.08. The van der Waals surface area contributed by atoms with Gasteiger partial charge in [-0.2, -0.15) is 0 Å². The summed E-state index contributed by atoms with van der Waals surface area (Å²) in [4.78, 5) is 0.133. The molecule has 1 aliphatic carbocycles. The van der Waals surface area contributed by atoms with Crippen molar-refractivity contribution in [1.29, 1.82) is 0 Å². The van der Waals surface area contributed by atoms with E-state index in [-0.39, 0.29) is 11.4 Å². The van der Waals surface area contributed by atoms with Gasteiger partial charge in [0.2, 0.25) is 10.0 Å². The molecule has 7 heteroatoms. The monoisotopic (exact) mass is 381 g/mol. The molecule has 0 radical (unpaired) electrons. The Bertz CT molecular complexity index is 585. The molecule has 1 fully saturated rings. The molecule has 1 aromatic rings. The number of halogens is 2. The number of aliphatic hydroxyl groups is 1. The maximum absolute atomic E-state index is 12.2. The molecule has 0 aromatic heterocycles. The van der Waals surface area contributed by atoms with Crippen LogP contribution in [0, 0.1) is 0 Å². The summed E-state index contributed by atoms with van der Waals surface area (Å²) in [6.07, 6.45) is 4.24. The smallest absolute Gasteiger partial charge is 0.240 e. The van der Waals surface area contributed by atoms with Gasteiger partial charge >= 0.3 is 0 Å². The lowest BCUT2D eigenvalue weighted by molar-refractivity contribution is 0.00945. The van der Waals surface area contributed by atoms with Gasteiger partial charge in [-0.25, -0.2) is 13.1 Å². The average Bonchev–Trinajstić information content (AvgIpc) is 2.41. The van der Waals surface area contributed by atoms with E-state index in [2.05, 4.69) is 20.7 Å². The summed E-state index contributed by atoms with van der Waals surface area (Å²) < 4.78 is 27.4. The standard InChI is InChI=1S/C13H17BrClNO3S/c14-11-8-10(4-5-12(11)15)20(18,19)16-9-13(17)6-2-1-3-7-13/h4-5,8,16-17H,1-3,6-7,9H2. The zero-order chi connectivity index (χ0) is 14.8. The summed E-state index contributed by atoms with van der Waals surface area (Å²) in [7, 11) is -3.64. The van der Waals surface area contributed by atoms with E-state index in [0.717, 1.165) is 19.3 Å². The first-order valence-electron chi connectivity index (χ1n) is 6.50. The first-order valence-corrected chi connectivity index (χ1v) is 9.15. The Kier molecular flexibility index (Phi) is 5.13. The van der Waals surface area contributed by atoms with E-state index < -0.39 is 15.6 Å². The summed E-state index contributed by atoms with van der Waals surface area (Å²) in [6, 6.07) is 4.42. The first kappa shape index (κ1) is 16.2. The van der Waals surface area contributed by atoms with Crippen LogP contribution in [-0.2, 0) is 10.0 Å². The van der Waals surface area contributed by atoms with Crippen molar-refractivity contribution >= 4 is 37.6 Å². The second kappa shape index (κ2) is 6.32. The normalized spacial score (nSPS) is 18.9. The van der Waals surface area contributed by atoms with Crippen LogP contribution in [0.5, 0.6) is 0 Å². The predicted molar refractivity (Wildman–Crippen MR) is 82.4 cm³/mol. The van der Waals surface area contributed by atoms with Crippen LogP contribution in [0.1, 0.15) is 32.1 Å². The van der Waals surface area contributed by atoms with Gasteiger partial charge in [-0.1, -0.05) is 30.9 Å². The maximum Gasteiger partial charge on any atom is 0.240 e. The third kappa shape index (κ3) is 3.95. The summed E-state index contributed by atoms with van der Waals surface area (Å²) in [6.45, 7) is 0.0512. The Labute approximate surface area is 132 Å². The second-order valence-corrected chi connectivity index (χ2v) is 8.21. The molecule has 0 spiro atoms. The Morgan fingerprint density at radius 3 is 2.55 bits per heavy atom. The van der Waals surface area contributed by atoms with Crippen molar-refractivity contribution in [3.05, 3.63) is 27.7 Å². The van der Waals surface area contributed by atoms with E-state index in [0.29, 0.717) is 22.3 Å². The highest BCUT2D eigenvalue weighted by Gasteiger charge is 2.30. The second-order valence-electron chi connectivity index (χ2n) is 5.19. The van der Waals surface area contributed by atoms with Gasteiger partial charge in [0, 0.05) is 11.0 Å². The highest BCUT2D eigenvalue weighted by molar-refractivity contribution is 9.10. The van der Waals surface area contributed by atoms with E-state index >= 15 is 0 Å². The van der Waals surface area contributed by atoms with Crippen LogP contribution < -0.4 is 4.72 Å². The Morgan fingerprint density at radius 1 is 1.30 bits per heavy atom. The van der Waals surface area contributed by atoms with E-state index in [1.807, 2.05) is 0 Å². The van der Waals surface area contributed by atoms with Crippen molar-refractivity contribution in [2.24, 2.45) is 0 Å². The molecular weight excluding hydrogens is 366 g/mol. The minimum absolute atomic E-state index is 0.0512. The lowest BCUT2D eigenvalue weighted by atomic mass is 9.85. The van der Waals surface area contributed by atoms with Gasteiger partial charge in [-0.3, -0.25) is 0 Å². The van der Waals surface area contributed by atoms with E-state index in [4.69, 9.17) is 11.6 Å². The molecule has 0 amide bonds. The van der Waals surface area contributed by atoms with Crippen LogP contribution in [-0.4, -0.2) is 25.7 Å². The third-order valence-corrected chi connectivity index (χ3v) is 6.19. The number of hydrogen-bond donors (Lipinski definition) is 2. The highest BCUT2D eigenvalue weighted by Crippen LogP contribution is 2.28.